The minimum absolute atomic E-state index is 0.0751. The molecule has 0 bridgehead atoms. The maximum absolute atomic E-state index is 12.0. The van der Waals surface area contributed by atoms with Crippen LogP contribution in [0.1, 0.15) is 24.8 Å². The fourth-order valence-corrected chi connectivity index (χ4v) is 3.54. The number of hydrogen-bond acceptors (Lipinski definition) is 7. The summed E-state index contributed by atoms with van der Waals surface area (Å²) in [5.41, 5.74) is 5.62. The van der Waals surface area contributed by atoms with Gasteiger partial charge in [-0.1, -0.05) is 23.9 Å². The Morgan fingerprint density at radius 1 is 1.41 bits per heavy atom. The van der Waals surface area contributed by atoms with Gasteiger partial charge in [-0.05, 0) is 25.0 Å². The molecule has 1 saturated carbocycles. The molecular formula is C14H14N4O3S. The molecule has 2 aliphatic rings. The molecule has 0 saturated heterocycles. The van der Waals surface area contributed by atoms with Gasteiger partial charge in [-0.15, -0.1) is 5.10 Å². The Hall–Kier alpha value is -2.35. The maximum Gasteiger partial charge on any atom is 0.264 e. The van der Waals surface area contributed by atoms with Crippen molar-refractivity contribution in [3.8, 4) is 5.75 Å². The third-order valence-corrected chi connectivity index (χ3v) is 4.92. The van der Waals surface area contributed by atoms with Crippen molar-refractivity contribution in [2.45, 2.75) is 24.0 Å². The minimum atomic E-state index is -1.07. The number of ketones is 1. The van der Waals surface area contributed by atoms with Gasteiger partial charge in [0.05, 0.1) is 6.21 Å². The van der Waals surface area contributed by atoms with Gasteiger partial charge in [-0.3, -0.25) is 15.0 Å². The van der Waals surface area contributed by atoms with Gasteiger partial charge in [0.15, 0.2) is 10.5 Å². The van der Waals surface area contributed by atoms with Crippen LogP contribution >= 0.6 is 11.8 Å². The van der Waals surface area contributed by atoms with Crippen LogP contribution in [0.4, 0.5) is 0 Å². The number of thioether (sulfide) groups is 1. The van der Waals surface area contributed by atoms with Crippen molar-refractivity contribution in [3.63, 3.8) is 0 Å². The lowest BCUT2D eigenvalue weighted by Crippen LogP contribution is -2.51. The van der Waals surface area contributed by atoms with Crippen molar-refractivity contribution in [2.75, 3.05) is 0 Å². The number of hydrogen-bond donors (Lipinski definition) is 3. The van der Waals surface area contributed by atoms with E-state index in [2.05, 4.69) is 21.1 Å². The first kappa shape index (κ1) is 14.6. The first-order valence-electron chi connectivity index (χ1n) is 6.79. The standard InChI is InChI=1S/C14H14N4O3S/c19-10-5-2-1-4-9(10)8-15-17-13-18-16-12(21)14(22-13)7-3-6-11(14)20/h1-2,4-5,8,19H,3,6-7H2,(H,16,21)(H,17,18)/b15-8+. The molecule has 8 heteroatoms. The number of amides is 1. The molecule has 1 aliphatic heterocycles. The lowest BCUT2D eigenvalue weighted by Gasteiger charge is -2.27. The average Bonchev–Trinajstić information content (AvgIpc) is 2.87. The Morgan fingerprint density at radius 2 is 2.23 bits per heavy atom. The summed E-state index contributed by atoms with van der Waals surface area (Å²) in [6, 6.07) is 6.76. The summed E-state index contributed by atoms with van der Waals surface area (Å²) in [7, 11) is 0. The number of nitrogens with one attached hydrogen (secondary N) is 2. The number of phenolic OH excluding ortho intramolecular Hbond substituents is 1. The summed E-state index contributed by atoms with van der Waals surface area (Å²) in [6.45, 7) is 0. The van der Waals surface area contributed by atoms with Crippen molar-refractivity contribution in [3.05, 3.63) is 29.8 Å². The van der Waals surface area contributed by atoms with Crippen LogP contribution in [0.15, 0.2) is 34.5 Å². The van der Waals surface area contributed by atoms with Crippen LogP contribution in [0, 0.1) is 0 Å². The third kappa shape index (κ3) is 2.57. The van der Waals surface area contributed by atoms with Crippen LogP contribution in [0.3, 0.4) is 0 Å². The number of aromatic hydroxyl groups is 1. The van der Waals surface area contributed by atoms with E-state index >= 15 is 0 Å². The number of carbonyl (C=O) groups excluding carboxylic acids is 2. The lowest BCUT2D eigenvalue weighted by atomic mass is 10.1. The SMILES string of the molecule is O=C1CCCC12SC(N/N=C/c1ccccc1O)=NNC2=O. The molecule has 1 aromatic rings. The monoisotopic (exact) mass is 318 g/mol. The molecule has 0 aromatic heterocycles. The van der Waals surface area contributed by atoms with Crippen LogP contribution in [-0.2, 0) is 9.59 Å². The third-order valence-electron chi connectivity index (χ3n) is 3.58. The molecule has 22 heavy (non-hydrogen) atoms. The highest BCUT2D eigenvalue weighted by Crippen LogP contribution is 2.40. The van der Waals surface area contributed by atoms with Crippen molar-refractivity contribution in [1.29, 1.82) is 0 Å². The predicted molar refractivity (Wildman–Crippen MR) is 83.6 cm³/mol. The molecule has 3 rings (SSSR count). The van der Waals surface area contributed by atoms with Gasteiger partial charge in [0, 0.05) is 12.0 Å². The van der Waals surface area contributed by atoms with E-state index < -0.39 is 4.75 Å². The molecule has 1 amide bonds. The van der Waals surface area contributed by atoms with Crippen LogP contribution in [0.2, 0.25) is 0 Å². The summed E-state index contributed by atoms with van der Waals surface area (Å²) in [5, 5.41) is 17.8. The fraction of sp³-hybridized carbons (Fsp3) is 0.286. The van der Waals surface area contributed by atoms with Gasteiger partial charge >= 0.3 is 0 Å². The smallest absolute Gasteiger partial charge is 0.264 e. The molecule has 1 aromatic carbocycles. The molecule has 1 unspecified atom stereocenters. The van der Waals surface area contributed by atoms with Gasteiger partial charge in [0.1, 0.15) is 5.75 Å². The molecule has 1 atom stereocenters. The van der Waals surface area contributed by atoms with Crippen LogP contribution < -0.4 is 10.9 Å². The first-order chi connectivity index (χ1) is 10.6. The Morgan fingerprint density at radius 3 is 2.95 bits per heavy atom. The number of phenols is 1. The van der Waals surface area contributed by atoms with Gasteiger partial charge in [-0.25, -0.2) is 5.43 Å². The van der Waals surface area contributed by atoms with Crippen molar-refractivity contribution in [1.82, 2.24) is 10.9 Å². The first-order valence-corrected chi connectivity index (χ1v) is 7.61. The molecule has 1 fully saturated rings. The van der Waals surface area contributed by atoms with E-state index in [1.165, 1.54) is 6.21 Å². The molecular weight excluding hydrogens is 304 g/mol. The highest BCUT2D eigenvalue weighted by atomic mass is 32.2. The number of hydrazone groups is 2. The van der Waals surface area contributed by atoms with E-state index in [9.17, 15) is 14.7 Å². The maximum atomic E-state index is 12.0. The molecule has 0 radical (unpaired) electrons. The molecule has 1 heterocycles. The number of para-hydroxylation sites is 1. The number of rotatable bonds is 2. The summed E-state index contributed by atoms with van der Waals surface area (Å²) >= 11 is 1.10. The van der Waals surface area contributed by atoms with E-state index in [1.807, 2.05) is 0 Å². The largest absolute Gasteiger partial charge is 0.507 e. The van der Waals surface area contributed by atoms with Crippen LogP contribution in [0.25, 0.3) is 0 Å². The zero-order valence-electron chi connectivity index (χ0n) is 11.6. The van der Waals surface area contributed by atoms with E-state index in [0.717, 1.165) is 11.8 Å². The zero-order chi connectivity index (χ0) is 15.6. The number of carbonyl (C=O) groups is 2. The topological polar surface area (TPSA) is 103 Å². The molecule has 1 spiro atoms. The van der Waals surface area contributed by atoms with Gasteiger partial charge < -0.3 is 5.11 Å². The second kappa shape index (κ2) is 5.80. The van der Waals surface area contributed by atoms with E-state index in [4.69, 9.17) is 0 Å². The Kier molecular flexibility index (Phi) is 3.84. The Balaban J connectivity index is 1.70. The van der Waals surface area contributed by atoms with Crippen LogP contribution in [0.5, 0.6) is 5.75 Å². The Labute approximate surface area is 130 Å². The van der Waals surface area contributed by atoms with Gasteiger partial charge in [0.2, 0.25) is 5.17 Å². The highest BCUT2D eigenvalue weighted by molar-refractivity contribution is 8.16. The summed E-state index contributed by atoms with van der Waals surface area (Å²) in [4.78, 5) is 24.0. The normalized spacial score (nSPS) is 24.6. The zero-order valence-corrected chi connectivity index (χ0v) is 12.4. The quantitative estimate of drug-likeness (QED) is 0.428. The molecule has 3 N–H and O–H groups in total. The Bertz CT molecular complexity index is 688. The average molecular weight is 318 g/mol. The number of benzene rings is 1. The van der Waals surface area contributed by atoms with Crippen LogP contribution in [-0.4, -0.2) is 32.9 Å². The minimum Gasteiger partial charge on any atom is -0.507 e. The molecule has 114 valence electrons. The number of nitrogens with zero attached hydrogens (tertiary/aromatic N) is 2. The number of amidine groups is 1. The fourth-order valence-electron chi connectivity index (χ4n) is 2.41. The van der Waals surface area contributed by atoms with E-state index in [1.54, 1.807) is 24.3 Å². The highest BCUT2D eigenvalue weighted by Gasteiger charge is 2.52. The van der Waals surface area contributed by atoms with Crippen molar-refractivity contribution >= 4 is 34.8 Å². The van der Waals surface area contributed by atoms with Crippen molar-refractivity contribution < 1.29 is 14.7 Å². The van der Waals surface area contributed by atoms with Gasteiger partial charge in [-0.2, -0.15) is 5.10 Å². The number of Topliss-reactive ketones (excluding diaryl/α,β-unsaturated/α-hetero) is 1. The van der Waals surface area contributed by atoms with E-state index in [0.29, 0.717) is 30.0 Å². The second-order valence-electron chi connectivity index (χ2n) is 4.99. The lowest BCUT2D eigenvalue weighted by molar-refractivity contribution is -0.130. The predicted octanol–water partition coefficient (Wildman–Crippen LogP) is 0.941. The molecule has 1 aliphatic carbocycles. The summed E-state index contributed by atoms with van der Waals surface area (Å²) in [6.07, 6.45) is 3.06. The van der Waals surface area contributed by atoms with Crippen molar-refractivity contribution in [2.24, 2.45) is 10.2 Å². The molecule has 7 nitrogen and oxygen atoms in total. The second-order valence-corrected chi connectivity index (χ2v) is 6.28. The summed E-state index contributed by atoms with van der Waals surface area (Å²) < 4.78 is -1.07. The van der Waals surface area contributed by atoms with E-state index in [-0.39, 0.29) is 17.4 Å². The summed E-state index contributed by atoms with van der Waals surface area (Å²) in [5.74, 6) is -0.328. The van der Waals surface area contributed by atoms with Gasteiger partial charge in [0.25, 0.3) is 5.91 Å².